The standard InChI is InChI=1S/C11H9BrN2OS/c12-11-14-9(10(13)15)8(16-11)6-7-4-2-1-3-5-7/h1-5H,6H2,(H2,13,15). The molecule has 0 atom stereocenters. The van der Waals surface area contributed by atoms with Crippen LogP contribution in [0.1, 0.15) is 20.9 Å². The van der Waals surface area contributed by atoms with Gasteiger partial charge in [0.25, 0.3) is 5.91 Å². The topological polar surface area (TPSA) is 56.0 Å². The molecule has 16 heavy (non-hydrogen) atoms. The number of aromatic nitrogens is 1. The van der Waals surface area contributed by atoms with Crippen LogP contribution in [-0.2, 0) is 6.42 Å². The molecule has 82 valence electrons. The fourth-order valence-electron chi connectivity index (χ4n) is 1.42. The average Bonchev–Trinajstić information content (AvgIpc) is 2.61. The summed E-state index contributed by atoms with van der Waals surface area (Å²) in [7, 11) is 0. The maximum Gasteiger partial charge on any atom is 0.268 e. The first kappa shape index (κ1) is 11.3. The molecule has 1 aromatic heterocycles. The molecule has 0 radical (unpaired) electrons. The molecule has 1 heterocycles. The number of nitrogens with zero attached hydrogens (tertiary/aromatic N) is 1. The first-order valence-corrected chi connectivity index (χ1v) is 6.26. The molecule has 3 nitrogen and oxygen atoms in total. The van der Waals surface area contributed by atoms with Crippen LogP contribution in [0.5, 0.6) is 0 Å². The second-order valence-electron chi connectivity index (χ2n) is 3.27. The Morgan fingerprint density at radius 2 is 2.06 bits per heavy atom. The van der Waals surface area contributed by atoms with E-state index in [-0.39, 0.29) is 0 Å². The number of hydrogen-bond donors (Lipinski definition) is 1. The Labute approximate surface area is 105 Å². The van der Waals surface area contributed by atoms with E-state index in [4.69, 9.17) is 5.73 Å². The molecule has 0 bridgehead atoms. The molecule has 0 aliphatic carbocycles. The van der Waals surface area contributed by atoms with Gasteiger partial charge >= 0.3 is 0 Å². The van der Waals surface area contributed by atoms with Crippen molar-refractivity contribution in [3.05, 3.63) is 50.4 Å². The van der Waals surface area contributed by atoms with Gasteiger partial charge in [-0.25, -0.2) is 4.98 Å². The number of carbonyl (C=O) groups is 1. The summed E-state index contributed by atoms with van der Waals surface area (Å²) in [6.45, 7) is 0. The van der Waals surface area contributed by atoms with Gasteiger partial charge in [0.2, 0.25) is 0 Å². The van der Waals surface area contributed by atoms with Crippen LogP contribution in [0, 0.1) is 0 Å². The van der Waals surface area contributed by atoms with Crippen LogP contribution < -0.4 is 5.73 Å². The van der Waals surface area contributed by atoms with Crippen molar-refractivity contribution in [2.75, 3.05) is 0 Å². The van der Waals surface area contributed by atoms with Crippen LogP contribution in [0.15, 0.2) is 34.2 Å². The van der Waals surface area contributed by atoms with Crippen molar-refractivity contribution in [3.63, 3.8) is 0 Å². The molecule has 0 saturated heterocycles. The molecule has 2 N–H and O–H groups in total. The number of amides is 1. The molecule has 0 aliphatic rings. The lowest BCUT2D eigenvalue weighted by atomic mass is 10.1. The average molecular weight is 297 g/mol. The molecule has 2 aromatic rings. The second-order valence-corrected chi connectivity index (χ2v) is 5.62. The molecule has 0 fully saturated rings. The normalized spacial score (nSPS) is 10.3. The molecule has 0 unspecified atom stereocenters. The highest BCUT2D eigenvalue weighted by Crippen LogP contribution is 2.25. The van der Waals surface area contributed by atoms with Crippen molar-refractivity contribution in [2.24, 2.45) is 5.73 Å². The third-order valence-corrected chi connectivity index (χ3v) is 3.62. The van der Waals surface area contributed by atoms with Crippen molar-refractivity contribution in [1.29, 1.82) is 0 Å². The van der Waals surface area contributed by atoms with Crippen LogP contribution in [0.4, 0.5) is 0 Å². The highest BCUT2D eigenvalue weighted by molar-refractivity contribution is 9.11. The zero-order chi connectivity index (χ0) is 11.5. The monoisotopic (exact) mass is 296 g/mol. The van der Waals surface area contributed by atoms with Crippen LogP contribution in [0.2, 0.25) is 0 Å². The number of nitrogens with two attached hydrogens (primary N) is 1. The lowest BCUT2D eigenvalue weighted by molar-refractivity contribution is 0.0995. The number of primary amides is 1. The van der Waals surface area contributed by atoms with E-state index in [1.165, 1.54) is 11.3 Å². The Kier molecular flexibility index (Phi) is 3.36. The van der Waals surface area contributed by atoms with Gasteiger partial charge in [-0.3, -0.25) is 4.79 Å². The Hall–Kier alpha value is -1.20. The molecule has 0 spiro atoms. The Bertz CT molecular complexity index is 510. The zero-order valence-electron chi connectivity index (χ0n) is 8.31. The van der Waals surface area contributed by atoms with Crippen molar-refractivity contribution in [2.45, 2.75) is 6.42 Å². The van der Waals surface area contributed by atoms with E-state index >= 15 is 0 Å². The highest BCUT2D eigenvalue weighted by atomic mass is 79.9. The minimum Gasteiger partial charge on any atom is -0.364 e. The molecule has 0 aliphatic heterocycles. The quantitative estimate of drug-likeness (QED) is 0.946. The maximum atomic E-state index is 11.2. The Balaban J connectivity index is 2.31. The van der Waals surface area contributed by atoms with Crippen LogP contribution in [-0.4, -0.2) is 10.9 Å². The van der Waals surface area contributed by atoms with Crippen LogP contribution >= 0.6 is 27.3 Å². The van der Waals surface area contributed by atoms with E-state index < -0.39 is 5.91 Å². The van der Waals surface area contributed by atoms with Gasteiger partial charge in [-0.1, -0.05) is 30.3 Å². The van der Waals surface area contributed by atoms with Gasteiger partial charge in [0.05, 0.1) is 0 Å². The number of thiazole rings is 1. The van der Waals surface area contributed by atoms with Crippen LogP contribution in [0.3, 0.4) is 0 Å². The fraction of sp³-hybridized carbons (Fsp3) is 0.0909. The number of halogens is 1. The molecule has 1 amide bonds. The molecule has 5 heteroatoms. The molecule has 1 aromatic carbocycles. The van der Waals surface area contributed by atoms with E-state index in [1.54, 1.807) is 0 Å². The van der Waals surface area contributed by atoms with E-state index in [0.29, 0.717) is 16.0 Å². The summed E-state index contributed by atoms with van der Waals surface area (Å²) >= 11 is 4.71. The number of benzene rings is 1. The SMILES string of the molecule is NC(=O)c1nc(Br)sc1Cc1ccccc1. The van der Waals surface area contributed by atoms with E-state index in [9.17, 15) is 4.79 Å². The second kappa shape index (κ2) is 4.76. The third-order valence-electron chi connectivity index (χ3n) is 2.11. The van der Waals surface area contributed by atoms with Gasteiger partial charge in [0.1, 0.15) is 5.69 Å². The number of carbonyl (C=O) groups excluding carboxylic acids is 1. The summed E-state index contributed by atoms with van der Waals surface area (Å²) in [6.07, 6.45) is 0.683. The highest BCUT2D eigenvalue weighted by Gasteiger charge is 2.14. The van der Waals surface area contributed by atoms with Gasteiger partial charge in [-0.15, -0.1) is 11.3 Å². The number of rotatable bonds is 3. The Morgan fingerprint density at radius 3 is 2.69 bits per heavy atom. The molecule has 2 rings (SSSR count). The summed E-state index contributed by atoms with van der Waals surface area (Å²) in [5.41, 5.74) is 6.77. The van der Waals surface area contributed by atoms with Gasteiger partial charge in [0.15, 0.2) is 3.92 Å². The Morgan fingerprint density at radius 1 is 1.38 bits per heavy atom. The largest absolute Gasteiger partial charge is 0.364 e. The van der Waals surface area contributed by atoms with Gasteiger partial charge in [-0.05, 0) is 21.5 Å². The van der Waals surface area contributed by atoms with E-state index in [2.05, 4.69) is 20.9 Å². The van der Waals surface area contributed by atoms with E-state index in [1.807, 2.05) is 30.3 Å². The summed E-state index contributed by atoms with van der Waals surface area (Å²) < 4.78 is 0.687. The first-order chi connectivity index (χ1) is 7.66. The fourth-order valence-corrected chi connectivity index (χ4v) is 3.00. The smallest absolute Gasteiger partial charge is 0.268 e. The molecular weight excluding hydrogens is 288 g/mol. The van der Waals surface area contributed by atoms with Crippen molar-refractivity contribution in [3.8, 4) is 0 Å². The molecule has 0 saturated carbocycles. The predicted molar refractivity (Wildman–Crippen MR) is 67.6 cm³/mol. The van der Waals surface area contributed by atoms with E-state index in [0.717, 1.165) is 10.4 Å². The maximum absolute atomic E-state index is 11.2. The van der Waals surface area contributed by atoms with Gasteiger partial charge < -0.3 is 5.73 Å². The van der Waals surface area contributed by atoms with Gasteiger partial charge in [0, 0.05) is 11.3 Å². The van der Waals surface area contributed by atoms with Crippen molar-refractivity contribution < 1.29 is 4.79 Å². The lowest BCUT2D eigenvalue weighted by Crippen LogP contribution is -2.13. The lowest BCUT2D eigenvalue weighted by Gasteiger charge is -1.99. The minimum absolute atomic E-state index is 0.362. The third kappa shape index (κ3) is 2.48. The van der Waals surface area contributed by atoms with Gasteiger partial charge in [-0.2, -0.15) is 0 Å². The first-order valence-electron chi connectivity index (χ1n) is 4.66. The summed E-state index contributed by atoms with van der Waals surface area (Å²) in [4.78, 5) is 16.1. The summed E-state index contributed by atoms with van der Waals surface area (Å²) in [6, 6.07) is 9.92. The van der Waals surface area contributed by atoms with Crippen molar-refractivity contribution in [1.82, 2.24) is 4.98 Å². The number of hydrogen-bond acceptors (Lipinski definition) is 3. The van der Waals surface area contributed by atoms with Crippen molar-refractivity contribution >= 4 is 33.2 Å². The van der Waals surface area contributed by atoms with Crippen LogP contribution in [0.25, 0.3) is 0 Å². The minimum atomic E-state index is -0.479. The summed E-state index contributed by atoms with van der Waals surface area (Å²) in [5, 5.41) is 0. The summed E-state index contributed by atoms with van der Waals surface area (Å²) in [5.74, 6) is -0.479. The predicted octanol–water partition coefficient (Wildman–Crippen LogP) is 2.60. The zero-order valence-corrected chi connectivity index (χ0v) is 10.7. The molecular formula is C11H9BrN2OS.